The summed E-state index contributed by atoms with van der Waals surface area (Å²) >= 11 is 0. The van der Waals surface area contributed by atoms with E-state index >= 15 is 0 Å². The summed E-state index contributed by atoms with van der Waals surface area (Å²) in [6.07, 6.45) is 2.62. The molecule has 0 bridgehead atoms. The maximum atomic E-state index is 13.2. The van der Waals surface area contributed by atoms with Gasteiger partial charge in [0.15, 0.2) is 11.6 Å². The van der Waals surface area contributed by atoms with Crippen LogP contribution in [-0.4, -0.2) is 17.4 Å². The number of nitrogens with one attached hydrogen (secondary N) is 1. The second-order valence-corrected chi connectivity index (χ2v) is 5.20. The van der Waals surface area contributed by atoms with Gasteiger partial charge in [-0.15, -0.1) is 0 Å². The van der Waals surface area contributed by atoms with Gasteiger partial charge < -0.3 is 5.32 Å². The Morgan fingerprint density at radius 1 is 1.23 bits per heavy atom. The fourth-order valence-electron chi connectivity index (χ4n) is 2.08. The average molecular weight is 304 g/mol. The van der Waals surface area contributed by atoms with Crippen LogP contribution in [0.3, 0.4) is 0 Å². The number of rotatable bonds is 6. The molecule has 0 unspecified atom stereocenters. The third kappa shape index (κ3) is 4.62. The Kier molecular flexibility index (Phi) is 5.58. The Bertz CT molecular complexity index is 632. The van der Waals surface area contributed by atoms with Crippen LogP contribution in [0.25, 0.3) is 0 Å². The molecule has 116 valence electrons. The molecule has 2 rings (SSSR count). The van der Waals surface area contributed by atoms with Crippen LogP contribution < -0.4 is 5.32 Å². The molecular weight excluding hydrogens is 286 g/mol. The van der Waals surface area contributed by atoms with Crippen LogP contribution in [0.5, 0.6) is 0 Å². The maximum absolute atomic E-state index is 13.2. The van der Waals surface area contributed by atoms with Gasteiger partial charge in [-0.2, -0.15) is 0 Å². The van der Waals surface area contributed by atoms with Crippen LogP contribution in [0.4, 0.5) is 8.78 Å². The molecule has 5 heteroatoms. The Balaban J connectivity index is 1.79. The van der Waals surface area contributed by atoms with Gasteiger partial charge in [0, 0.05) is 24.9 Å². The number of hydrogen-bond donors (Lipinski definition) is 1. The molecular formula is C17H18F2N2O. The summed E-state index contributed by atoms with van der Waals surface area (Å²) in [6.45, 7) is 2.23. The Hall–Kier alpha value is -2.30. The number of halogens is 2. The molecule has 1 aromatic heterocycles. The van der Waals surface area contributed by atoms with Crippen molar-refractivity contribution in [2.75, 3.05) is 6.54 Å². The zero-order valence-electron chi connectivity index (χ0n) is 12.4. The normalized spacial score (nSPS) is 12.0. The molecule has 0 aliphatic heterocycles. The fraction of sp³-hybridized carbons (Fsp3) is 0.294. The van der Waals surface area contributed by atoms with E-state index in [4.69, 9.17) is 0 Å². The van der Waals surface area contributed by atoms with E-state index in [1.807, 2.05) is 25.1 Å². The van der Waals surface area contributed by atoms with E-state index in [1.54, 1.807) is 6.20 Å². The van der Waals surface area contributed by atoms with Crippen molar-refractivity contribution in [3.8, 4) is 0 Å². The summed E-state index contributed by atoms with van der Waals surface area (Å²) in [4.78, 5) is 16.0. The SMILES string of the molecule is C[C@H](CNC(=O)CCc1ccccn1)c1ccc(F)c(F)c1. The lowest BCUT2D eigenvalue weighted by atomic mass is 10.0. The van der Waals surface area contributed by atoms with Crippen molar-refractivity contribution in [2.24, 2.45) is 0 Å². The van der Waals surface area contributed by atoms with Gasteiger partial charge in [0.05, 0.1) is 0 Å². The molecule has 1 amide bonds. The van der Waals surface area contributed by atoms with Crippen molar-refractivity contribution in [3.05, 3.63) is 65.5 Å². The van der Waals surface area contributed by atoms with Crippen LogP contribution in [-0.2, 0) is 11.2 Å². The van der Waals surface area contributed by atoms with Gasteiger partial charge in [-0.3, -0.25) is 9.78 Å². The number of amides is 1. The van der Waals surface area contributed by atoms with E-state index in [0.717, 1.165) is 11.8 Å². The highest BCUT2D eigenvalue weighted by Crippen LogP contribution is 2.17. The van der Waals surface area contributed by atoms with Crippen molar-refractivity contribution >= 4 is 5.91 Å². The lowest BCUT2D eigenvalue weighted by Gasteiger charge is -2.13. The van der Waals surface area contributed by atoms with Gasteiger partial charge >= 0.3 is 0 Å². The molecule has 1 heterocycles. The zero-order valence-corrected chi connectivity index (χ0v) is 12.4. The van der Waals surface area contributed by atoms with Crippen molar-refractivity contribution in [1.82, 2.24) is 10.3 Å². The molecule has 0 radical (unpaired) electrons. The molecule has 0 aliphatic rings. The summed E-state index contributed by atoms with van der Waals surface area (Å²) in [5.41, 5.74) is 1.52. The van der Waals surface area contributed by atoms with Crippen LogP contribution in [0.15, 0.2) is 42.6 Å². The van der Waals surface area contributed by atoms with E-state index in [1.165, 1.54) is 12.1 Å². The molecule has 3 nitrogen and oxygen atoms in total. The molecule has 2 aromatic rings. The first-order valence-electron chi connectivity index (χ1n) is 7.18. The standard InChI is InChI=1S/C17H18F2N2O/c1-12(13-5-7-15(18)16(19)10-13)11-21-17(22)8-6-14-4-2-3-9-20-14/h2-5,7,9-10,12H,6,8,11H2,1H3,(H,21,22)/t12-/m1/s1. The molecule has 0 saturated carbocycles. The van der Waals surface area contributed by atoms with Gasteiger partial charge in [0.1, 0.15) is 0 Å². The molecule has 0 aliphatic carbocycles. The number of hydrogen-bond acceptors (Lipinski definition) is 2. The quantitative estimate of drug-likeness (QED) is 0.890. The minimum absolute atomic E-state index is 0.0833. The number of nitrogens with zero attached hydrogens (tertiary/aromatic N) is 1. The van der Waals surface area contributed by atoms with Gasteiger partial charge in [-0.1, -0.05) is 19.1 Å². The molecule has 0 spiro atoms. The molecule has 1 atom stereocenters. The number of aromatic nitrogens is 1. The molecule has 0 saturated heterocycles. The Morgan fingerprint density at radius 2 is 2.05 bits per heavy atom. The first kappa shape index (κ1) is 16.1. The lowest BCUT2D eigenvalue weighted by molar-refractivity contribution is -0.121. The van der Waals surface area contributed by atoms with E-state index in [9.17, 15) is 13.6 Å². The predicted molar refractivity (Wildman–Crippen MR) is 80.3 cm³/mol. The van der Waals surface area contributed by atoms with Crippen LogP contribution >= 0.6 is 0 Å². The third-order valence-electron chi connectivity index (χ3n) is 3.45. The minimum Gasteiger partial charge on any atom is -0.355 e. The van der Waals surface area contributed by atoms with Crippen LogP contribution in [0.2, 0.25) is 0 Å². The highest BCUT2D eigenvalue weighted by Gasteiger charge is 2.11. The van der Waals surface area contributed by atoms with Gasteiger partial charge in [0.2, 0.25) is 5.91 Å². The van der Waals surface area contributed by atoms with Crippen molar-refractivity contribution in [3.63, 3.8) is 0 Å². The Labute approximate surface area is 128 Å². The zero-order chi connectivity index (χ0) is 15.9. The molecule has 1 N–H and O–H groups in total. The van der Waals surface area contributed by atoms with Crippen LogP contribution in [0, 0.1) is 11.6 Å². The summed E-state index contributed by atoms with van der Waals surface area (Å²) in [7, 11) is 0. The first-order chi connectivity index (χ1) is 10.6. The predicted octanol–water partition coefficient (Wildman–Crippen LogP) is 3.21. The summed E-state index contributed by atoms with van der Waals surface area (Å²) < 4.78 is 26.1. The van der Waals surface area contributed by atoms with Gasteiger partial charge in [0.25, 0.3) is 0 Å². The average Bonchev–Trinajstić information content (AvgIpc) is 2.54. The van der Waals surface area contributed by atoms with Crippen molar-refractivity contribution in [2.45, 2.75) is 25.7 Å². The van der Waals surface area contributed by atoms with Crippen molar-refractivity contribution < 1.29 is 13.6 Å². The van der Waals surface area contributed by atoms with E-state index in [-0.39, 0.29) is 11.8 Å². The highest BCUT2D eigenvalue weighted by atomic mass is 19.2. The lowest BCUT2D eigenvalue weighted by Crippen LogP contribution is -2.27. The first-order valence-corrected chi connectivity index (χ1v) is 7.18. The number of benzene rings is 1. The van der Waals surface area contributed by atoms with Crippen molar-refractivity contribution in [1.29, 1.82) is 0 Å². The van der Waals surface area contributed by atoms with Gasteiger partial charge in [-0.05, 0) is 42.2 Å². The van der Waals surface area contributed by atoms with E-state index in [0.29, 0.717) is 24.9 Å². The number of carbonyl (C=O) groups excluding carboxylic acids is 1. The fourth-order valence-corrected chi connectivity index (χ4v) is 2.08. The van der Waals surface area contributed by atoms with E-state index < -0.39 is 11.6 Å². The highest BCUT2D eigenvalue weighted by molar-refractivity contribution is 5.76. The van der Waals surface area contributed by atoms with Gasteiger partial charge in [-0.25, -0.2) is 8.78 Å². The third-order valence-corrected chi connectivity index (χ3v) is 3.45. The van der Waals surface area contributed by atoms with E-state index in [2.05, 4.69) is 10.3 Å². The monoisotopic (exact) mass is 304 g/mol. The minimum atomic E-state index is -0.870. The summed E-state index contributed by atoms with van der Waals surface area (Å²) in [5.74, 6) is -1.91. The molecule has 0 fully saturated rings. The Morgan fingerprint density at radius 3 is 2.73 bits per heavy atom. The largest absolute Gasteiger partial charge is 0.355 e. The summed E-state index contributed by atoms with van der Waals surface area (Å²) in [5, 5.41) is 2.80. The number of pyridine rings is 1. The molecule has 22 heavy (non-hydrogen) atoms. The topological polar surface area (TPSA) is 42.0 Å². The summed E-state index contributed by atoms with van der Waals surface area (Å²) in [6, 6.07) is 9.38. The molecule has 1 aromatic carbocycles. The number of carbonyl (C=O) groups is 1. The maximum Gasteiger partial charge on any atom is 0.220 e. The van der Waals surface area contributed by atoms with Crippen LogP contribution in [0.1, 0.15) is 30.5 Å². The smallest absolute Gasteiger partial charge is 0.220 e. The number of aryl methyl sites for hydroxylation is 1. The second kappa shape index (κ2) is 7.64. The second-order valence-electron chi connectivity index (χ2n) is 5.20.